The number of nitrogens with one attached hydrogen (secondary N) is 1. The average molecular weight is 793 g/mol. The summed E-state index contributed by atoms with van der Waals surface area (Å²) in [5.41, 5.74) is 4.29. The van der Waals surface area contributed by atoms with Gasteiger partial charge in [0.2, 0.25) is 12.1 Å². The largest absolute Gasteiger partial charge is 0.508 e. The second kappa shape index (κ2) is 17.7. The lowest BCUT2D eigenvalue weighted by molar-refractivity contribution is -0.771. The maximum absolute atomic E-state index is 12.9. The highest BCUT2D eigenvalue weighted by molar-refractivity contribution is 6.18. The molecule has 13 nitrogen and oxygen atoms in total. The first-order valence-electron chi connectivity index (χ1n) is 18.5. The Balaban J connectivity index is 0.985. The quantitative estimate of drug-likeness (QED) is 0.0574. The van der Waals surface area contributed by atoms with Gasteiger partial charge in [-0.15, -0.1) is 27.9 Å². The predicted octanol–water partition coefficient (Wildman–Crippen LogP) is 5.74. The number of phenolic OH excluding ortho intramolecular Hbond substituents is 2. The van der Waals surface area contributed by atoms with Crippen LogP contribution in [0.2, 0.25) is 0 Å². The molecule has 0 radical (unpaired) electrons. The maximum Gasteiger partial charge on any atom is 0.348 e. The van der Waals surface area contributed by atoms with Gasteiger partial charge in [0, 0.05) is 86.7 Å². The van der Waals surface area contributed by atoms with Crippen molar-refractivity contribution in [3.05, 3.63) is 83.0 Å². The molecular weight excluding hydrogens is 743 g/mol. The number of aromatic hydroxyl groups is 2. The Bertz CT molecular complexity index is 2320. The zero-order valence-corrected chi connectivity index (χ0v) is 33.2. The molecule has 55 heavy (non-hydrogen) atoms. The lowest BCUT2D eigenvalue weighted by Gasteiger charge is -2.22. The van der Waals surface area contributed by atoms with Gasteiger partial charge in [-0.2, -0.15) is 9.78 Å². The summed E-state index contributed by atoms with van der Waals surface area (Å²) >= 11 is 12.0. The normalized spacial score (nSPS) is 11.7. The number of carbonyl (C=O) groups is 1. The first kappa shape index (κ1) is 39.7. The first-order chi connectivity index (χ1) is 26.5. The summed E-state index contributed by atoms with van der Waals surface area (Å²) in [4.78, 5) is 29.7. The van der Waals surface area contributed by atoms with E-state index in [2.05, 4.69) is 53.4 Å². The number of aromatic amines is 1. The van der Waals surface area contributed by atoms with Gasteiger partial charge in [0.15, 0.2) is 12.4 Å². The molecule has 0 atom stereocenters. The van der Waals surface area contributed by atoms with Crippen molar-refractivity contribution in [1.29, 1.82) is 0 Å². The predicted molar refractivity (Wildman–Crippen MR) is 217 cm³/mol. The number of hydrogen-bond donors (Lipinski definition) is 3. The van der Waals surface area contributed by atoms with Crippen LogP contribution in [0.1, 0.15) is 38.2 Å². The van der Waals surface area contributed by atoms with Crippen molar-refractivity contribution in [1.82, 2.24) is 28.9 Å². The number of hydrogen-bond acceptors (Lipinski definition) is 7. The van der Waals surface area contributed by atoms with Gasteiger partial charge in [-0.1, -0.05) is 13.8 Å². The third-order valence-corrected chi connectivity index (χ3v) is 10.4. The highest BCUT2D eigenvalue weighted by atomic mass is 35.5. The first-order valence-corrected chi connectivity index (χ1v) is 19.6. The number of aromatic nitrogens is 6. The van der Waals surface area contributed by atoms with Crippen LogP contribution in [0.25, 0.3) is 38.9 Å². The van der Waals surface area contributed by atoms with E-state index in [0.29, 0.717) is 67.7 Å². The number of nitrogens with zero attached hydrogens (tertiary/aromatic N) is 7. The molecule has 0 unspecified atom stereocenters. The van der Waals surface area contributed by atoms with Crippen LogP contribution < -0.4 is 15.3 Å². The van der Waals surface area contributed by atoms with Crippen molar-refractivity contribution < 1.29 is 24.4 Å². The molecule has 292 valence electrons. The fourth-order valence-corrected chi connectivity index (χ4v) is 7.37. The van der Waals surface area contributed by atoms with Gasteiger partial charge in [0.25, 0.3) is 0 Å². The number of carbonyl (C=O) groups excluding carboxylic acids is 1. The van der Waals surface area contributed by atoms with E-state index < -0.39 is 5.69 Å². The van der Waals surface area contributed by atoms with E-state index in [4.69, 9.17) is 27.9 Å². The number of anilines is 1. The molecule has 3 aromatic carbocycles. The molecule has 0 aliphatic rings. The molecular formula is C40H49Cl2N8O5+. The van der Waals surface area contributed by atoms with Crippen LogP contribution >= 0.6 is 23.2 Å². The zero-order valence-electron chi connectivity index (χ0n) is 31.7. The Labute approximate surface area is 329 Å². The molecule has 0 bridgehead atoms. The van der Waals surface area contributed by atoms with Gasteiger partial charge in [0.1, 0.15) is 17.0 Å². The van der Waals surface area contributed by atoms with Gasteiger partial charge in [-0.25, -0.2) is 14.5 Å². The smallest absolute Gasteiger partial charge is 0.348 e. The highest BCUT2D eigenvalue weighted by Gasteiger charge is 2.21. The summed E-state index contributed by atoms with van der Waals surface area (Å²) in [5, 5.41) is 29.7. The zero-order chi connectivity index (χ0) is 39.2. The Morgan fingerprint density at radius 3 is 2.47 bits per heavy atom. The number of benzene rings is 3. The lowest BCUT2D eigenvalue weighted by Crippen LogP contribution is -2.41. The molecule has 0 saturated carbocycles. The minimum absolute atomic E-state index is 0.00455. The molecule has 0 saturated heterocycles. The number of phenols is 2. The van der Waals surface area contributed by atoms with E-state index in [1.54, 1.807) is 11.0 Å². The summed E-state index contributed by atoms with van der Waals surface area (Å²) in [5.74, 6) is 1.19. The van der Waals surface area contributed by atoms with Crippen LogP contribution in [0, 0.1) is 0 Å². The molecule has 6 aromatic rings. The molecule has 0 fully saturated rings. The minimum Gasteiger partial charge on any atom is -0.508 e. The number of halogens is 2. The maximum atomic E-state index is 12.9. The minimum atomic E-state index is -0.448. The molecule has 3 aromatic heterocycles. The lowest BCUT2D eigenvalue weighted by atomic mass is 9.98. The Morgan fingerprint density at radius 1 is 0.964 bits per heavy atom. The van der Waals surface area contributed by atoms with Crippen LogP contribution in [0.4, 0.5) is 5.69 Å². The SMILES string of the molecule is CC(C)c1cc(-c2n[nH]c(=O)n2-c2ccc3c(ccn3CCOCCN(C)C(=O)CCC[n+]3cc4cc(N(CCCl)CCCl)ccc4n3C)c2)c(O)cc1O. The molecule has 0 spiro atoms. The van der Waals surface area contributed by atoms with Crippen LogP contribution in [0.5, 0.6) is 11.5 Å². The van der Waals surface area contributed by atoms with Crippen LogP contribution in [-0.4, -0.2) is 96.7 Å². The van der Waals surface area contributed by atoms with Crippen LogP contribution in [0.15, 0.2) is 71.8 Å². The number of ether oxygens (including phenoxy) is 1. The fourth-order valence-electron chi connectivity index (χ4n) is 6.96. The number of amides is 1. The van der Waals surface area contributed by atoms with Crippen molar-refractivity contribution >= 4 is 56.6 Å². The third kappa shape index (κ3) is 8.79. The van der Waals surface area contributed by atoms with Crippen molar-refractivity contribution in [3.63, 3.8) is 0 Å². The Hall–Kier alpha value is -4.98. The van der Waals surface area contributed by atoms with Gasteiger partial charge in [-0.05, 0) is 60.0 Å². The summed E-state index contributed by atoms with van der Waals surface area (Å²) in [6.45, 7) is 8.05. The van der Waals surface area contributed by atoms with Crippen molar-refractivity contribution in [3.8, 4) is 28.6 Å². The van der Waals surface area contributed by atoms with E-state index in [9.17, 15) is 19.8 Å². The molecule has 15 heteroatoms. The number of H-pyrrole nitrogens is 1. The van der Waals surface area contributed by atoms with Crippen molar-refractivity contribution in [2.75, 3.05) is 56.6 Å². The Morgan fingerprint density at radius 2 is 1.73 bits per heavy atom. The molecule has 0 aliphatic heterocycles. The Kier molecular flexibility index (Phi) is 12.7. The van der Waals surface area contributed by atoms with E-state index >= 15 is 0 Å². The standard InChI is InChI=1S/C40H48Cl2N8O5/c1-27(2)32-24-33(37(52)25-36(32)51)39-43-44-40(54)50(39)31-8-10-35-28(22-31)11-15-48(35)19-21-55-20-18-45(3)38(53)6-5-14-49-26-29-23-30(7-9-34(29)46(49)4)47(16-12-41)17-13-42/h7-11,15,22-27H,5-6,12-14,16-21H2,1-4H3,(H2-,43,44,51,52,54)/p+1. The number of aryl methyl sites for hydroxylation is 2. The number of rotatable bonds is 18. The van der Waals surface area contributed by atoms with Crippen molar-refractivity contribution in [2.45, 2.75) is 45.7 Å². The third-order valence-electron chi connectivity index (χ3n) is 10.1. The number of likely N-dealkylation sites (N-methyl/N-ethyl adjacent to an activating group) is 1. The summed E-state index contributed by atoms with van der Waals surface area (Å²) < 4.78 is 13.7. The molecule has 0 aliphatic carbocycles. The monoisotopic (exact) mass is 791 g/mol. The summed E-state index contributed by atoms with van der Waals surface area (Å²) in [6, 6.07) is 16.9. The summed E-state index contributed by atoms with van der Waals surface area (Å²) in [6.07, 6.45) is 5.25. The van der Waals surface area contributed by atoms with E-state index in [0.717, 1.165) is 47.1 Å². The van der Waals surface area contributed by atoms with Crippen molar-refractivity contribution in [2.24, 2.45) is 7.05 Å². The van der Waals surface area contributed by atoms with E-state index in [1.165, 1.54) is 10.6 Å². The molecule has 3 N–H and O–H groups in total. The summed E-state index contributed by atoms with van der Waals surface area (Å²) in [7, 11) is 3.84. The fraction of sp³-hybridized carbons (Fsp3) is 0.400. The molecule has 1 amide bonds. The molecule has 3 heterocycles. The van der Waals surface area contributed by atoms with E-state index in [-0.39, 0.29) is 29.1 Å². The molecule has 6 rings (SSSR count). The van der Waals surface area contributed by atoms with Gasteiger partial charge < -0.3 is 29.3 Å². The average Bonchev–Trinajstić information content (AvgIpc) is 3.84. The van der Waals surface area contributed by atoms with Gasteiger partial charge >= 0.3 is 5.69 Å². The topological polar surface area (TPSA) is 138 Å². The van der Waals surface area contributed by atoms with E-state index in [1.807, 2.05) is 58.4 Å². The highest BCUT2D eigenvalue weighted by Crippen LogP contribution is 2.37. The second-order valence-electron chi connectivity index (χ2n) is 14.0. The van der Waals surface area contributed by atoms with Crippen LogP contribution in [-0.2, 0) is 29.7 Å². The second-order valence-corrected chi connectivity index (χ2v) is 14.7. The number of fused-ring (bicyclic) bond motifs is 2. The van der Waals surface area contributed by atoms with Crippen LogP contribution in [0.3, 0.4) is 0 Å². The van der Waals surface area contributed by atoms with Gasteiger partial charge in [-0.3, -0.25) is 4.79 Å². The van der Waals surface area contributed by atoms with Gasteiger partial charge in [0.05, 0.1) is 36.9 Å². The number of alkyl halides is 2.